The summed E-state index contributed by atoms with van der Waals surface area (Å²) in [6, 6.07) is 11.3. The lowest BCUT2D eigenvalue weighted by Gasteiger charge is -2.20. The van der Waals surface area contributed by atoms with Crippen molar-refractivity contribution in [2.24, 2.45) is 0 Å². The fourth-order valence-corrected chi connectivity index (χ4v) is 3.62. The first-order chi connectivity index (χ1) is 12.3. The zero-order valence-electron chi connectivity index (χ0n) is 15.1. The molecule has 0 atom stereocenters. The highest BCUT2D eigenvalue weighted by atomic mass is 32.2. The molecule has 0 saturated heterocycles. The standard InChI is InChI=1S/C18H22N2O5S/c1-13(21)19-14-8-10-15(11-9-14)26(22,23)20(2)12-16-17(24-3)6-5-7-18(16)25-4/h5-11H,12H2,1-4H3,(H,19,21). The van der Waals surface area contributed by atoms with Crippen LogP contribution in [-0.4, -0.2) is 39.9 Å². The molecule has 0 aromatic heterocycles. The number of benzene rings is 2. The minimum Gasteiger partial charge on any atom is -0.496 e. The van der Waals surface area contributed by atoms with Crippen molar-refractivity contribution in [2.75, 3.05) is 26.6 Å². The summed E-state index contributed by atoms with van der Waals surface area (Å²) in [7, 11) is 0.809. The number of anilines is 1. The Morgan fingerprint density at radius 3 is 2.04 bits per heavy atom. The van der Waals surface area contributed by atoms with Crippen molar-refractivity contribution in [1.82, 2.24) is 4.31 Å². The molecule has 1 amide bonds. The van der Waals surface area contributed by atoms with Crippen molar-refractivity contribution in [3.05, 3.63) is 48.0 Å². The molecule has 0 heterocycles. The number of nitrogens with zero attached hydrogens (tertiary/aromatic N) is 1. The summed E-state index contributed by atoms with van der Waals surface area (Å²) in [5.74, 6) is 0.876. The van der Waals surface area contributed by atoms with Gasteiger partial charge in [-0.2, -0.15) is 4.31 Å². The first-order valence-corrected chi connectivity index (χ1v) is 9.27. The fourth-order valence-electron chi connectivity index (χ4n) is 2.48. The normalized spacial score (nSPS) is 11.3. The Morgan fingerprint density at radius 1 is 1.04 bits per heavy atom. The second kappa shape index (κ2) is 8.20. The summed E-state index contributed by atoms with van der Waals surface area (Å²) < 4.78 is 37.5. The Morgan fingerprint density at radius 2 is 1.58 bits per heavy atom. The molecule has 2 aromatic carbocycles. The third-order valence-electron chi connectivity index (χ3n) is 3.79. The van der Waals surface area contributed by atoms with Crippen LogP contribution in [0.2, 0.25) is 0 Å². The molecule has 26 heavy (non-hydrogen) atoms. The molecule has 8 heteroatoms. The van der Waals surface area contributed by atoms with Gasteiger partial charge < -0.3 is 14.8 Å². The van der Waals surface area contributed by atoms with Gasteiger partial charge in [0.05, 0.1) is 24.7 Å². The molecule has 1 N–H and O–H groups in total. The number of nitrogens with one attached hydrogen (secondary N) is 1. The van der Waals surface area contributed by atoms with E-state index in [-0.39, 0.29) is 17.3 Å². The maximum atomic E-state index is 12.8. The zero-order valence-corrected chi connectivity index (χ0v) is 16.0. The number of amides is 1. The van der Waals surface area contributed by atoms with Crippen LogP contribution < -0.4 is 14.8 Å². The maximum Gasteiger partial charge on any atom is 0.243 e. The van der Waals surface area contributed by atoms with Crippen molar-refractivity contribution in [1.29, 1.82) is 0 Å². The van der Waals surface area contributed by atoms with Crippen LogP contribution in [0, 0.1) is 0 Å². The van der Waals surface area contributed by atoms with Gasteiger partial charge in [-0.05, 0) is 36.4 Å². The van der Waals surface area contributed by atoms with Crippen LogP contribution in [0.3, 0.4) is 0 Å². The van der Waals surface area contributed by atoms with E-state index in [1.165, 1.54) is 44.6 Å². The molecule has 0 fully saturated rings. The predicted octanol–water partition coefficient (Wildman–Crippen LogP) is 2.48. The summed E-state index contributed by atoms with van der Waals surface area (Å²) in [4.78, 5) is 11.2. The van der Waals surface area contributed by atoms with Crippen LogP contribution in [0.4, 0.5) is 5.69 Å². The van der Waals surface area contributed by atoms with Gasteiger partial charge in [-0.25, -0.2) is 8.42 Å². The zero-order chi connectivity index (χ0) is 19.3. The average molecular weight is 378 g/mol. The molecule has 0 saturated carbocycles. The van der Waals surface area contributed by atoms with Gasteiger partial charge in [-0.15, -0.1) is 0 Å². The minimum atomic E-state index is -3.72. The number of hydrogen-bond acceptors (Lipinski definition) is 5. The average Bonchev–Trinajstić information content (AvgIpc) is 2.61. The third kappa shape index (κ3) is 4.33. The van der Waals surface area contributed by atoms with E-state index in [0.29, 0.717) is 22.7 Å². The van der Waals surface area contributed by atoms with Gasteiger partial charge >= 0.3 is 0 Å². The summed E-state index contributed by atoms with van der Waals surface area (Å²) in [5.41, 5.74) is 1.17. The van der Waals surface area contributed by atoms with Crippen LogP contribution in [0.15, 0.2) is 47.4 Å². The highest BCUT2D eigenvalue weighted by molar-refractivity contribution is 7.89. The van der Waals surface area contributed by atoms with E-state index < -0.39 is 10.0 Å². The summed E-state index contributed by atoms with van der Waals surface area (Å²) in [6.07, 6.45) is 0. The second-order valence-electron chi connectivity index (χ2n) is 5.61. The van der Waals surface area contributed by atoms with Crippen LogP contribution in [0.5, 0.6) is 11.5 Å². The Bertz CT molecular complexity index is 857. The van der Waals surface area contributed by atoms with Gasteiger partial charge in [-0.3, -0.25) is 4.79 Å². The molecule has 0 bridgehead atoms. The lowest BCUT2D eigenvalue weighted by molar-refractivity contribution is -0.114. The molecule has 140 valence electrons. The quantitative estimate of drug-likeness (QED) is 0.800. The smallest absolute Gasteiger partial charge is 0.243 e. The fraction of sp³-hybridized carbons (Fsp3) is 0.278. The molecule has 0 spiro atoms. The third-order valence-corrected chi connectivity index (χ3v) is 5.61. The molecular weight excluding hydrogens is 356 g/mol. The van der Waals surface area contributed by atoms with Crippen LogP contribution in [0.1, 0.15) is 12.5 Å². The number of sulfonamides is 1. The Hall–Kier alpha value is -2.58. The Labute approximate surface area is 153 Å². The van der Waals surface area contributed by atoms with E-state index >= 15 is 0 Å². The summed E-state index contributed by atoms with van der Waals surface area (Å²) in [6.45, 7) is 1.47. The summed E-state index contributed by atoms with van der Waals surface area (Å²) in [5, 5.41) is 2.60. The molecule has 2 aromatic rings. The topological polar surface area (TPSA) is 84.9 Å². The van der Waals surface area contributed by atoms with E-state index in [1.807, 2.05) is 0 Å². The molecule has 0 aliphatic rings. The number of methoxy groups -OCH3 is 2. The van der Waals surface area contributed by atoms with Crippen LogP contribution in [-0.2, 0) is 21.4 Å². The van der Waals surface area contributed by atoms with E-state index in [2.05, 4.69) is 5.32 Å². The number of carbonyl (C=O) groups excluding carboxylic acids is 1. The molecule has 7 nitrogen and oxygen atoms in total. The number of carbonyl (C=O) groups is 1. The van der Waals surface area contributed by atoms with Crippen LogP contribution >= 0.6 is 0 Å². The summed E-state index contributed by atoms with van der Waals surface area (Å²) >= 11 is 0. The van der Waals surface area contributed by atoms with Crippen molar-refractivity contribution in [3.63, 3.8) is 0 Å². The monoisotopic (exact) mass is 378 g/mol. The van der Waals surface area contributed by atoms with Crippen molar-refractivity contribution in [2.45, 2.75) is 18.4 Å². The molecule has 0 radical (unpaired) electrons. The van der Waals surface area contributed by atoms with Crippen molar-refractivity contribution in [3.8, 4) is 11.5 Å². The molecule has 2 rings (SSSR count). The lowest BCUT2D eigenvalue weighted by Crippen LogP contribution is -2.27. The van der Waals surface area contributed by atoms with E-state index in [4.69, 9.17) is 9.47 Å². The molecule has 0 aliphatic heterocycles. The van der Waals surface area contributed by atoms with Gasteiger partial charge in [0.2, 0.25) is 15.9 Å². The van der Waals surface area contributed by atoms with E-state index in [9.17, 15) is 13.2 Å². The first kappa shape index (κ1) is 19.7. The van der Waals surface area contributed by atoms with E-state index in [0.717, 1.165) is 0 Å². The second-order valence-corrected chi connectivity index (χ2v) is 7.65. The predicted molar refractivity (Wildman–Crippen MR) is 98.9 cm³/mol. The van der Waals surface area contributed by atoms with Gasteiger partial charge in [0.15, 0.2) is 0 Å². The first-order valence-electron chi connectivity index (χ1n) is 7.83. The number of rotatable bonds is 7. The Balaban J connectivity index is 2.28. The highest BCUT2D eigenvalue weighted by Crippen LogP contribution is 2.30. The minimum absolute atomic E-state index is 0.0863. The molecule has 0 unspecified atom stereocenters. The SMILES string of the molecule is COc1cccc(OC)c1CN(C)S(=O)(=O)c1ccc(NC(C)=O)cc1. The van der Waals surface area contributed by atoms with Gasteiger partial charge in [0.1, 0.15) is 11.5 Å². The van der Waals surface area contributed by atoms with Crippen molar-refractivity contribution < 1.29 is 22.7 Å². The van der Waals surface area contributed by atoms with E-state index in [1.54, 1.807) is 30.3 Å². The largest absolute Gasteiger partial charge is 0.496 e. The molecular formula is C18H22N2O5S. The highest BCUT2D eigenvalue weighted by Gasteiger charge is 2.23. The van der Waals surface area contributed by atoms with Crippen molar-refractivity contribution >= 4 is 21.6 Å². The number of ether oxygens (including phenoxy) is 2. The van der Waals surface area contributed by atoms with Crippen LogP contribution in [0.25, 0.3) is 0 Å². The Kier molecular flexibility index (Phi) is 6.23. The van der Waals surface area contributed by atoms with Gasteiger partial charge in [-0.1, -0.05) is 6.07 Å². The molecule has 0 aliphatic carbocycles. The van der Waals surface area contributed by atoms with Gasteiger partial charge in [0.25, 0.3) is 0 Å². The van der Waals surface area contributed by atoms with Gasteiger partial charge in [0, 0.05) is 26.2 Å². The maximum absolute atomic E-state index is 12.8. The number of hydrogen-bond donors (Lipinski definition) is 1. The lowest BCUT2D eigenvalue weighted by atomic mass is 10.1.